The van der Waals surface area contributed by atoms with E-state index in [1.54, 1.807) is 30.6 Å². The summed E-state index contributed by atoms with van der Waals surface area (Å²) in [5.74, 6) is 0.894. The second-order valence-electron chi connectivity index (χ2n) is 8.26. The Morgan fingerprint density at radius 2 is 2.27 bits per heavy atom. The molecule has 0 spiro atoms. The standard InChI is InChI=1S/C23H27N9O/c1-4-26-22(33)17-6-5-7-18(10-17)30-23(25)32(13-24)9-8-31(12-16(32)3)21-19-15(2)11-27-20(19)28-14-29-21/h5-7,10-11,14,16H,4,8-9,12H2,1-3H3,(H3-,25,26,27,28,29,30,33)/p+1/t16?,32-/m0/s1. The van der Waals surface area contributed by atoms with Gasteiger partial charge < -0.3 is 20.9 Å². The molecule has 4 rings (SSSR count). The van der Waals surface area contributed by atoms with Gasteiger partial charge in [-0.3, -0.25) is 4.79 Å². The first kappa shape index (κ1) is 22.2. The first-order valence-electron chi connectivity index (χ1n) is 10.9. The van der Waals surface area contributed by atoms with E-state index >= 15 is 0 Å². The van der Waals surface area contributed by atoms with E-state index in [1.807, 2.05) is 27.0 Å². The molecular formula is C23H28N9O+. The molecular weight excluding hydrogens is 418 g/mol. The average Bonchev–Trinajstić information content (AvgIpc) is 3.20. The Balaban J connectivity index is 1.61. The zero-order valence-corrected chi connectivity index (χ0v) is 19.0. The van der Waals surface area contributed by atoms with Crippen LogP contribution < -0.4 is 16.0 Å². The van der Waals surface area contributed by atoms with Crippen LogP contribution in [-0.4, -0.2) is 63.5 Å². The maximum atomic E-state index is 12.2. The molecule has 10 nitrogen and oxygen atoms in total. The molecule has 1 unspecified atom stereocenters. The number of nitriles is 1. The van der Waals surface area contributed by atoms with Crippen LogP contribution in [0.5, 0.6) is 0 Å². The molecule has 0 radical (unpaired) electrons. The largest absolute Gasteiger partial charge is 0.352 e. The number of fused-ring (bicyclic) bond motifs is 1. The summed E-state index contributed by atoms with van der Waals surface area (Å²) in [4.78, 5) is 30.9. The van der Waals surface area contributed by atoms with Gasteiger partial charge in [-0.25, -0.2) is 9.97 Å². The minimum atomic E-state index is -0.171. The number of H-pyrrole nitrogens is 1. The van der Waals surface area contributed by atoms with Crippen molar-refractivity contribution in [3.63, 3.8) is 0 Å². The van der Waals surface area contributed by atoms with Gasteiger partial charge in [-0.15, -0.1) is 5.26 Å². The van der Waals surface area contributed by atoms with E-state index in [9.17, 15) is 10.1 Å². The molecule has 33 heavy (non-hydrogen) atoms. The Bertz CT molecular complexity index is 1260. The Labute approximate surface area is 192 Å². The monoisotopic (exact) mass is 446 g/mol. The minimum Gasteiger partial charge on any atom is -0.352 e. The number of aryl methyl sites for hydroxylation is 1. The van der Waals surface area contributed by atoms with Crippen LogP contribution in [0.15, 0.2) is 41.8 Å². The van der Waals surface area contributed by atoms with Gasteiger partial charge in [-0.2, -0.15) is 9.48 Å². The number of hydrogen-bond acceptors (Lipinski definition) is 6. The van der Waals surface area contributed by atoms with Gasteiger partial charge in [0.2, 0.25) is 0 Å². The summed E-state index contributed by atoms with van der Waals surface area (Å²) < 4.78 is -0.0950. The number of nitrogens with two attached hydrogens (primary N) is 1. The first-order valence-corrected chi connectivity index (χ1v) is 10.9. The third-order valence-electron chi connectivity index (χ3n) is 6.18. The molecule has 0 aliphatic carbocycles. The number of benzene rings is 1. The van der Waals surface area contributed by atoms with Crippen molar-refractivity contribution in [3.8, 4) is 6.19 Å². The molecule has 2 atom stereocenters. The fourth-order valence-corrected chi connectivity index (χ4v) is 4.32. The van der Waals surface area contributed by atoms with Crippen LogP contribution in [0.2, 0.25) is 0 Å². The van der Waals surface area contributed by atoms with Gasteiger partial charge >= 0.3 is 12.2 Å². The SMILES string of the molecule is CCNC(=O)c1cccc(N=C(N)[N@+]2(C#N)CCN(c3ncnc4[nH]cc(C)c34)CC2C)c1. The van der Waals surface area contributed by atoms with Crippen molar-refractivity contribution in [3.05, 3.63) is 47.9 Å². The molecule has 4 N–H and O–H groups in total. The molecule has 3 heterocycles. The zero-order chi connectivity index (χ0) is 23.6. The van der Waals surface area contributed by atoms with Gasteiger partial charge in [0.25, 0.3) is 5.91 Å². The molecule has 1 amide bonds. The molecule has 10 heteroatoms. The van der Waals surface area contributed by atoms with Crippen molar-refractivity contribution in [2.45, 2.75) is 26.8 Å². The van der Waals surface area contributed by atoms with Crippen LogP contribution in [0.1, 0.15) is 29.8 Å². The molecule has 1 aliphatic heterocycles. The van der Waals surface area contributed by atoms with Gasteiger partial charge in [-0.05, 0) is 44.5 Å². The molecule has 1 aromatic carbocycles. The highest BCUT2D eigenvalue weighted by Crippen LogP contribution is 2.30. The molecule has 2 aromatic heterocycles. The third-order valence-corrected chi connectivity index (χ3v) is 6.18. The molecule has 1 fully saturated rings. The van der Waals surface area contributed by atoms with E-state index in [2.05, 4.69) is 36.4 Å². The number of hydrogen-bond donors (Lipinski definition) is 3. The lowest BCUT2D eigenvalue weighted by atomic mass is 10.1. The topological polar surface area (TPSA) is 136 Å². The van der Waals surface area contributed by atoms with E-state index in [0.29, 0.717) is 37.4 Å². The lowest BCUT2D eigenvalue weighted by molar-refractivity contribution is -0.802. The predicted molar refractivity (Wildman–Crippen MR) is 127 cm³/mol. The van der Waals surface area contributed by atoms with Crippen molar-refractivity contribution < 1.29 is 9.28 Å². The summed E-state index contributed by atoms with van der Waals surface area (Å²) in [7, 11) is 0. The quantitative estimate of drug-likeness (QED) is 0.243. The number of aromatic nitrogens is 3. The van der Waals surface area contributed by atoms with E-state index in [0.717, 1.165) is 22.4 Å². The Morgan fingerprint density at radius 1 is 1.45 bits per heavy atom. The zero-order valence-electron chi connectivity index (χ0n) is 19.0. The summed E-state index contributed by atoms with van der Waals surface area (Å²) in [5, 5.41) is 13.9. The molecule has 1 saturated heterocycles. The van der Waals surface area contributed by atoms with Gasteiger partial charge in [0, 0.05) is 18.3 Å². The van der Waals surface area contributed by atoms with Gasteiger partial charge in [0.05, 0.1) is 24.2 Å². The highest BCUT2D eigenvalue weighted by atomic mass is 16.1. The number of carbonyl (C=O) groups is 1. The number of guanidine groups is 1. The molecule has 3 aromatic rings. The minimum absolute atomic E-state index is 0.0950. The number of rotatable bonds is 4. The van der Waals surface area contributed by atoms with Crippen molar-refractivity contribution >= 4 is 34.4 Å². The third kappa shape index (κ3) is 3.99. The van der Waals surface area contributed by atoms with Gasteiger partial charge in [0.1, 0.15) is 30.4 Å². The number of carbonyl (C=O) groups excluding carboxylic acids is 1. The number of aliphatic imine (C=N–C) groups is 1. The number of nitrogens with zero attached hydrogens (tertiary/aromatic N) is 6. The van der Waals surface area contributed by atoms with Crippen LogP contribution >= 0.6 is 0 Å². The number of piperazine rings is 1. The first-order chi connectivity index (χ1) is 15.9. The number of nitrogens with one attached hydrogen (secondary N) is 2. The molecule has 1 aliphatic rings. The van der Waals surface area contributed by atoms with E-state index in [1.165, 1.54) is 0 Å². The number of amides is 1. The molecule has 0 bridgehead atoms. The smallest absolute Gasteiger partial charge is 0.317 e. The van der Waals surface area contributed by atoms with Gasteiger partial charge in [-0.1, -0.05) is 6.07 Å². The van der Waals surface area contributed by atoms with Crippen molar-refractivity contribution in [1.82, 2.24) is 20.3 Å². The maximum Gasteiger partial charge on any atom is 0.317 e. The van der Waals surface area contributed by atoms with Crippen LogP contribution in [0.4, 0.5) is 11.5 Å². The second kappa shape index (κ2) is 8.88. The van der Waals surface area contributed by atoms with E-state index in [4.69, 9.17) is 5.73 Å². The highest BCUT2D eigenvalue weighted by Gasteiger charge is 2.45. The number of anilines is 1. The van der Waals surface area contributed by atoms with Crippen molar-refractivity contribution in [2.24, 2.45) is 10.7 Å². The van der Waals surface area contributed by atoms with Gasteiger partial charge in [0.15, 0.2) is 0 Å². The van der Waals surface area contributed by atoms with Crippen LogP contribution in [0.25, 0.3) is 11.0 Å². The van der Waals surface area contributed by atoms with Crippen LogP contribution in [0.3, 0.4) is 0 Å². The van der Waals surface area contributed by atoms with Crippen LogP contribution in [-0.2, 0) is 0 Å². The highest BCUT2D eigenvalue weighted by molar-refractivity contribution is 5.95. The summed E-state index contributed by atoms with van der Waals surface area (Å²) >= 11 is 0. The predicted octanol–water partition coefficient (Wildman–Crippen LogP) is 2.17. The van der Waals surface area contributed by atoms with E-state index < -0.39 is 0 Å². The summed E-state index contributed by atoms with van der Waals surface area (Å²) in [6, 6.07) is 6.79. The van der Waals surface area contributed by atoms with Crippen molar-refractivity contribution in [1.29, 1.82) is 5.26 Å². The Kier molecular flexibility index (Phi) is 5.98. The lowest BCUT2D eigenvalue weighted by Gasteiger charge is -2.42. The van der Waals surface area contributed by atoms with Crippen molar-refractivity contribution in [2.75, 3.05) is 31.1 Å². The summed E-state index contributed by atoms with van der Waals surface area (Å²) in [5.41, 5.74) is 9.35. The maximum absolute atomic E-state index is 12.2. The Morgan fingerprint density at radius 3 is 3.00 bits per heavy atom. The van der Waals surface area contributed by atoms with Crippen LogP contribution in [0, 0.1) is 18.4 Å². The fourth-order valence-electron chi connectivity index (χ4n) is 4.32. The fraction of sp³-hybridized carbons (Fsp3) is 0.348. The molecule has 170 valence electrons. The summed E-state index contributed by atoms with van der Waals surface area (Å²) in [6.07, 6.45) is 5.87. The molecule has 0 saturated carbocycles. The van der Waals surface area contributed by atoms with E-state index in [-0.39, 0.29) is 22.4 Å². The number of aromatic amines is 1. The normalized spacial score (nSPS) is 21.1. The number of quaternary nitrogens is 1. The average molecular weight is 447 g/mol. The summed E-state index contributed by atoms with van der Waals surface area (Å²) in [6.45, 7) is 8.04. The second-order valence-corrected chi connectivity index (χ2v) is 8.26. The lowest BCUT2D eigenvalue weighted by Crippen LogP contribution is -2.67. The Hall–Kier alpha value is -3.97.